The molecule has 2 aromatic rings. The van der Waals surface area contributed by atoms with Crippen LogP contribution in [0.1, 0.15) is 30.9 Å². The smallest absolute Gasteiger partial charge is 0.234 e. The van der Waals surface area contributed by atoms with E-state index in [1.807, 2.05) is 24.9 Å². The summed E-state index contributed by atoms with van der Waals surface area (Å²) in [4.78, 5) is 11.3. The first-order chi connectivity index (χ1) is 9.52. The van der Waals surface area contributed by atoms with Crippen LogP contribution in [-0.4, -0.2) is 43.9 Å². The summed E-state index contributed by atoms with van der Waals surface area (Å²) in [6.45, 7) is 9.51. The second kappa shape index (κ2) is 6.59. The monoisotopic (exact) mass is 292 g/mol. The lowest BCUT2D eigenvalue weighted by atomic mass is 10.3. The number of aryl methyl sites for hydroxylation is 2. The second-order valence-corrected chi connectivity index (χ2v) is 6.67. The van der Waals surface area contributed by atoms with Gasteiger partial charge in [0.1, 0.15) is 0 Å². The summed E-state index contributed by atoms with van der Waals surface area (Å²) in [5, 5.41) is 0. The Morgan fingerprint density at radius 2 is 2.15 bits per heavy atom. The summed E-state index contributed by atoms with van der Waals surface area (Å²) in [7, 11) is 2.18. The first-order valence-electron chi connectivity index (χ1n) is 7.11. The Bertz CT molecular complexity index is 579. The fourth-order valence-corrected chi connectivity index (χ4v) is 3.17. The van der Waals surface area contributed by atoms with Gasteiger partial charge in [0, 0.05) is 29.7 Å². The fraction of sp³-hybridized carbons (Fsp3) is 0.600. The molecular formula is C15H24N4S. The van der Waals surface area contributed by atoms with Gasteiger partial charge >= 0.3 is 0 Å². The van der Waals surface area contributed by atoms with Crippen LogP contribution in [0.4, 0.5) is 0 Å². The number of fused-ring (bicyclic) bond motifs is 1. The van der Waals surface area contributed by atoms with E-state index in [1.54, 1.807) is 0 Å². The molecule has 110 valence electrons. The Kier molecular flexibility index (Phi) is 5.05. The minimum absolute atomic E-state index is 0.559. The van der Waals surface area contributed by atoms with Crippen molar-refractivity contribution in [2.75, 3.05) is 18.6 Å². The number of nitrogens with zero attached hydrogens (tertiary/aromatic N) is 4. The van der Waals surface area contributed by atoms with Gasteiger partial charge in [0.05, 0.1) is 11.9 Å². The van der Waals surface area contributed by atoms with Gasteiger partial charge in [-0.3, -0.25) is 9.30 Å². The van der Waals surface area contributed by atoms with Gasteiger partial charge in [0.15, 0.2) is 0 Å². The lowest BCUT2D eigenvalue weighted by molar-refractivity contribution is 0.265. The van der Waals surface area contributed by atoms with Crippen molar-refractivity contribution in [3.63, 3.8) is 0 Å². The van der Waals surface area contributed by atoms with Crippen molar-refractivity contribution in [3.8, 4) is 0 Å². The third-order valence-electron chi connectivity index (χ3n) is 3.59. The zero-order valence-electron chi connectivity index (χ0n) is 13.1. The van der Waals surface area contributed by atoms with Crippen LogP contribution in [0.15, 0.2) is 12.3 Å². The predicted molar refractivity (Wildman–Crippen MR) is 86.4 cm³/mol. The van der Waals surface area contributed by atoms with E-state index < -0.39 is 0 Å². The molecule has 0 aromatic carbocycles. The zero-order valence-corrected chi connectivity index (χ0v) is 13.9. The van der Waals surface area contributed by atoms with E-state index in [4.69, 9.17) is 0 Å². The number of rotatable bonds is 6. The molecule has 20 heavy (non-hydrogen) atoms. The molecule has 2 aromatic heterocycles. The molecule has 1 atom stereocenters. The van der Waals surface area contributed by atoms with Crippen LogP contribution < -0.4 is 0 Å². The van der Waals surface area contributed by atoms with Crippen LogP contribution in [0, 0.1) is 13.8 Å². The Morgan fingerprint density at radius 1 is 1.40 bits per heavy atom. The highest BCUT2D eigenvalue weighted by atomic mass is 32.2. The van der Waals surface area contributed by atoms with Crippen molar-refractivity contribution in [1.29, 1.82) is 0 Å². The second-order valence-electron chi connectivity index (χ2n) is 5.35. The summed E-state index contributed by atoms with van der Waals surface area (Å²) in [6.07, 6.45) is 1.95. The maximum absolute atomic E-state index is 4.49. The van der Waals surface area contributed by atoms with E-state index in [0.717, 1.165) is 18.0 Å². The molecule has 1 unspecified atom stereocenters. The van der Waals surface area contributed by atoms with Gasteiger partial charge in [-0.2, -0.15) is 11.8 Å². The van der Waals surface area contributed by atoms with E-state index in [0.29, 0.717) is 6.04 Å². The molecule has 0 radical (unpaired) electrons. The molecule has 0 aliphatic heterocycles. The minimum Gasteiger partial charge on any atom is -0.297 e. The van der Waals surface area contributed by atoms with E-state index in [-0.39, 0.29) is 0 Å². The molecule has 4 nitrogen and oxygen atoms in total. The molecule has 5 heteroatoms. The summed E-state index contributed by atoms with van der Waals surface area (Å²) in [6, 6.07) is 2.67. The van der Waals surface area contributed by atoms with Gasteiger partial charge in [0.25, 0.3) is 0 Å². The Labute approximate surface area is 125 Å². The first-order valence-corrected chi connectivity index (χ1v) is 8.27. The molecule has 2 rings (SSSR count). The summed E-state index contributed by atoms with van der Waals surface area (Å²) >= 11 is 1.99. The van der Waals surface area contributed by atoms with Crippen LogP contribution in [0.5, 0.6) is 0 Å². The van der Waals surface area contributed by atoms with Crippen LogP contribution in [0.3, 0.4) is 0 Å². The van der Waals surface area contributed by atoms with Gasteiger partial charge < -0.3 is 0 Å². The van der Waals surface area contributed by atoms with E-state index >= 15 is 0 Å². The maximum atomic E-state index is 4.49. The number of imidazole rings is 1. The van der Waals surface area contributed by atoms with Crippen LogP contribution >= 0.6 is 11.8 Å². The standard InChI is InChI=1S/C15H24N4S/c1-6-20-10-13(4)18(5)9-14-8-16-15-17-11(2)7-12(3)19(14)15/h7-8,13H,6,9-10H2,1-5H3. The van der Waals surface area contributed by atoms with Crippen molar-refractivity contribution >= 4 is 17.5 Å². The third-order valence-corrected chi connectivity index (χ3v) is 4.72. The van der Waals surface area contributed by atoms with Crippen molar-refractivity contribution < 1.29 is 0 Å². The number of thioether (sulfide) groups is 1. The van der Waals surface area contributed by atoms with E-state index in [1.165, 1.54) is 22.9 Å². The van der Waals surface area contributed by atoms with Gasteiger partial charge in [-0.25, -0.2) is 9.97 Å². The molecule has 0 N–H and O–H groups in total. The lowest BCUT2D eigenvalue weighted by Crippen LogP contribution is -2.31. The first kappa shape index (κ1) is 15.3. The molecule has 0 saturated heterocycles. The van der Waals surface area contributed by atoms with Crippen molar-refractivity contribution in [3.05, 3.63) is 29.3 Å². The number of hydrogen-bond acceptors (Lipinski definition) is 4. The van der Waals surface area contributed by atoms with Crippen molar-refractivity contribution in [2.24, 2.45) is 0 Å². The van der Waals surface area contributed by atoms with E-state index in [2.05, 4.69) is 53.2 Å². The van der Waals surface area contributed by atoms with Gasteiger partial charge in [-0.05, 0) is 39.6 Å². The van der Waals surface area contributed by atoms with Crippen LogP contribution in [0.25, 0.3) is 5.78 Å². The van der Waals surface area contributed by atoms with Crippen LogP contribution in [0.2, 0.25) is 0 Å². The molecule has 0 bridgehead atoms. The topological polar surface area (TPSA) is 33.4 Å². The Hall–Kier alpha value is -1.07. The molecule has 0 aliphatic rings. The molecule has 0 fully saturated rings. The average Bonchev–Trinajstić information content (AvgIpc) is 2.78. The largest absolute Gasteiger partial charge is 0.297 e. The zero-order chi connectivity index (χ0) is 14.7. The summed E-state index contributed by atoms with van der Waals surface area (Å²) < 4.78 is 2.16. The molecular weight excluding hydrogens is 268 g/mol. The third kappa shape index (κ3) is 3.33. The highest BCUT2D eigenvalue weighted by Gasteiger charge is 2.13. The number of aromatic nitrogens is 3. The number of hydrogen-bond donors (Lipinski definition) is 0. The van der Waals surface area contributed by atoms with Crippen LogP contribution in [-0.2, 0) is 6.54 Å². The van der Waals surface area contributed by atoms with Crippen molar-refractivity contribution in [1.82, 2.24) is 19.3 Å². The van der Waals surface area contributed by atoms with Crippen molar-refractivity contribution in [2.45, 2.75) is 40.3 Å². The molecule has 0 saturated carbocycles. The highest BCUT2D eigenvalue weighted by molar-refractivity contribution is 7.99. The SMILES string of the molecule is CCSCC(C)N(C)Cc1cnc2nc(C)cc(C)n12. The molecule has 0 amide bonds. The normalized spacial score (nSPS) is 13.3. The summed E-state index contributed by atoms with van der Waals surface area (Å²) in [5.74, 6) is 3.15. The summed E-state index contributed by atoms with van der Waals surface area (Å²) in [5.41, 5.74) is 3.43. The molecule has 2 heterocycles. The Balaban J connectivity index is 2.17. The van der Waals surface area contributed by atoms with E-state index in [9.17, 15) is 0 Å². The fourth-order valence-electron chi connectivity index (χ4n) is 2.33. The average molecular weight is 292 g/mol. The molecule has 0 aliphatic carbocycles. The van der Waals surface area contributed by atoms with Gasteiger partial charge in [-0.15, -0.1) is 0 Å². The maximum Gasteiger partial charge on any atom is 0.234 e. The Morgan fingerprint density at radius 3 is 2.85 bits per heavy atom. The predicted octanol–water partition coefficient (Wildman–Crippen LogP) is 2.92. The minimum atomic E-state index is 0.559. The molecule has 0 spiro atoms. The lowest BCUT2D eigenvalue weighted by Gasteiger charge is -2.24. The highest BCUT2D eigenvalue weighted by Crippen LogP contribution is 2.14. The quantitative estimate of drug-likeness (QED) is 0.819. The van der Waals surface area contributed by atoms with Gasteiger partial charge in [-0.1, -0.05) is 6.92 Å². The van der Waals surface area contributed by atoms with Gasteiger partial charge in [0.2, 0.25) is 5.78 Å².